The van der Waals surface area contributed by atoms with E-state index in [-0.39, 0.29) is 35.9 Å². The van der Waals surface area contributed by atoms with Crippen LogP contribution in [0.4, 0.5) is 4.79 Å². The molecule has 6 aromatic rings. The van der Waals surface area contributed by atoms with Gasteiger partial charge in [-0.15, -0.1) is 0 Å². The predicted octanol–water partition coefficient (Wildman–Crippen LogP) is 12.2. The van der Waals surface area contributed by atoms with Crippen molar-refractivity contribution in [3.8, 4) is 0 Å². The second-order valence-corrected chi connectivity index (χ2v) is 23.9. The van der Waals surface area contributed by atoms with Gasteiger partial charge < -0.3 is 51.7 Å². The fourth-order valence-electron chi connectivity index (χ4n) is 11.1. The molecular weight excluding hydrogens is 987 g/mol. The summed E-state index contributed by atoms with van der Waals surface area (Å²) in [5, 5.41) is 6.02. The molecule has 3 heterocycles. The number of nitrogens with two attached hydrogens (primary N) is 3. The van der Waals surface area contributed by atoms with Crippen molar-refractivity contribution < 1.29 is 43.0 Å². The Kier molecular flexibility index (Phi) is 18.1. The molecule has 3 aromatic heterocycles. The molecule has 4 amide bonds. The number of allylic oxidation sites excluding steroid dienone is 4. The molecule has 1 fully saturated rings. The molecular formula is C62H79N7O9. The SMILES string of the molecule is CC(C)(C)OC(=O)CC1C=C(c2ccc(C(N)=O)c3[nH]ccc23)CCC1.CC(C)(C)OC(=O)CC1CCC=C(c2ccc(C(N)=O)c3[nH]ccc23)C1.CC(C)(C)OC(=O)NC1CCCC(c2ccc(C(N)=O)c3[nH]ccc23)C1. The standard InChI is InChI=1S/2C21H26N2O3.C20H27N3O3/c2*1-21(2,3)26-18(24)12-13-5-4-6-14(11-13)15-7-8-17(20(22)25)19-16(15)9-10-23-19;1-20(2,3)26-19(25)23-13-6-4-5-12(11-13)14-7-8-16(18(21)24)17-15(14)9-10-22-17/h7-11,13,23H,4-6,12H2,1-3H3,(H2,22,25);6-10,13,23H,4-5,11-12H2,1-3H3,(H2,22,25);7-10,12-13,22H,4-6,11H2,1-3H3,(H2,21,24)(H,23,25). The Morgan fingerprint density at radius 1 is 0.564 bits per heavy atom. The van der Waals surface area contributed by atoms with E-state index in [1.54, 1.807) is 18.2 Å². The molecule has 1 saturated carbocycles. The van der Waals surface area contributed by atoms with Gasteiger partial charge in [-0.3, -0.25) is 24.0 Å². The van der Waals surface area contributed by atoms with E-state index in [2.05, 4.69) is 32.4 Å². The smallest absolute Gasteiger partial charge is 0.407 e. The summed E-state index contributed by atoms with van der Waals surface area (Å²) >= 11 is 0. The topological polar surface area (TPSA) is 268 Å². The van der Waals surface area contributed by atoms with Crippen molar-refractivity contribution in [3.63, 3.8) is 0 Å². The number of ether oxygens (including phenoxy) is 3. The first-order valence-electron chi connectivity index (χ1n) is 27.3. The van der Waals surface area contributed by atoms with E-state index in [1.165, 1.54) is 16.7 Å². The maximum absolute atomic E-state index is 12.2. The van der Waals surface area contributed by atoms with Crippen LogP contribution in [-0.2, 0) is 23.8 Å². The number of aromatic amines is 3. The summed E-state index contributed by atoms with van der Waals surface area (Å²) < 4.78 is 16.3. The number of aromatic nitrogens is 3. The average molecular weight is 1070 g/mol. The van der Waals surface area contributed by atoms with Gasteiger partial charge in [-0.1, -0.05) is 36.8 Å². The number of rotatable bonds is 11. The second-order valence-electron chi connectivity index (χ2n) is 23.9. The number of hydrogen-bond donors (Lipinski definition) is 7. The number of hydrogen-bond acceptors (Lipinski definition) is 9. The third-order valence-corrected chi connectivity index (χ3v) is 14.2. The molecule has 3 aliphatic rings. The molecule has 416 valence electrons. The summed E-state index contributed by atoms with van der Waals surface area (Å²) in [6.07, 6.45) is 20.0. The molecule has 16 heteroatoms. The van der Waals surface area contributed by atoms with Gasteiger partial charge in [-0.25, -0.2) is 4.79 Å². The van der Waals surface area contributed by atoms with E-state index < -0.39 is 34.5 Å². The predicted molar refractivity (Wildman–Crippen MR) is 306 cm³/mol. The summed E-state index contributed by atoms with van der Waals surface area (Å²) in [6, 6.07) is 17.3. The molecule has 9 rings (SSSR count). The Morgan fingerprint density at radius 2 is 1.06 bits per heavy atom. The summed E-state index contributed by atoms with van der Waals surface area (Å²) in [7, 11) is 0. The van der Waals surface area contributed by atoms with Crippen molar-refractivity contribution in [2.24, 2.45) is 29.0 Å². The molecule has 0 aliphatic heterocycles. The molecule has 0 spiro atoms. The third kappa shape index (κ3) is 15.3. The van der Waals surface area contributed by atoms with Crippen LogP contribution in [0, 0.1) is 11.8 Å². The Hall–Kier alpha value is -7.62. The lowest BCUT2D eigenvalue weighted by Gasteiger charge is -2.31. The maximum atomic E-state index is 12.2. The van der Waals surface area contributed by atoms with Crippen LogP contribution in [-0.4, -0.2) is 73.6 Å². The monoisotopic (exact) mass is 1070 g/mol. The number of nitrogens with one attached hydrogen (secondary N) is 4. The number of fused-ring (bicyclic) bond motifs is 3. The van der Waals surface area contributed by atoms with E-state index in [9.17, 15) is 28.8 Å². The number of esters is 2. The van der Waals surface area contributed by atoms with Gasteiger partial charge in [0.1, 0.15) is 16.8 Å². The maximum Gasteiger partial charge on any atom is 0.407 e. The van der Waals surface area contributed by atoms with Crippen molar-refractivity contribution in [1.29, 1.82) is 0 Å². The lowest BCUT2D eigenvalue weighted by molar-refractivity contribution is -0.157. The number of primary amides is 3. The van der Waals surface area contributed by atoms with Gasteiger partial charge in [0, 0.05) is 47.2 Å². The second kappa shape index (κ2) is 24.4. The highest BCUT2D eigenvalue weighted by Crippen LogP contribution is 2.40. The summed E-state index contributed by atoms with van der Waals surface area (Å²) in [5.41, 5.74) is 24.6. The van der Waals surface area contributed by atoms with Gasteiger partial charge in [-0.05, 0) is 202 Å². The minimum absolute atomic E-state index is 0.0911. The van der Waals surface area contributed by atoms with Crippen LogP contribution in [0.3, 0.4) is 0 Å². The van der Waals surface area contributed by atoms with Crippen molar-refractivity contribution >= 4 is 79.6 Å². The fourth-order valence-corrected chi connectivity index (χ4v) is 11.1. The van der Waals surface area contributed by atoms with Crippen LogP contribution in [0.15, 0.2) is 85.3 Å². The first-order chi connectivity index (χ1) is 36.7. The number of carbonyl (C=O) groups excluding carboxylic acids is 6. The molecule has 3 aromatic carbocycles. The third-order valence-electron chi connectivity index (χ3n) is 14.2. The summed E-state index contributed by atoms with van der Waals surface area (Å²) in [5.74, 6) is -0.835. The number of carbonyl (C=O) groups is 6. The first kappa shape index (κ1) is 58.1. The highest BCUT2D eigenvalue weighted by molar-refractivity contribution is 6.09. The highest BCUT2D eigenvalue weighted by atomic mass is 16.6. The zero-order chi connectivity index (χ0) is 56.7. The molecule has 0 saturated heterocycles. The van der Waals surface area contributed by atoms with E-state index in [1.807, 2.05) is 117 Å². The Labute approximate surface area is 457 Å². The summed E-state index contributed by atoms with van der Waals surface area (Å²) in [4.78, 5) is 80.6. The molecule has 78 heavy (non-hydrogen) atoms. The molecule has 10 N–H and O–H groups in total. The van der Waals surface area contributed by atoms with Crippen molar-refractivity contribution in [2.75, 3.05) is 0 Å². The zero-order valence-corrected chi connectivity index (χ0v) is 46.8. The molecule has 3 aliphatic carbocycles. The van der Waals surface area contributed by atoms with E-state index in [0.717, 1.165) is 108 Å². The van der Waals surface area contributed by atoms with E-state index in [4.69, 9.17) is 31.4 Å². The average Bonchev–Trinajstić information content (AvgIpc) is 4.30. The van der Waals surface area contributed by atoms with Crippen molar-refractivity contribution in [2.45, 2.75) is 168 Å². The van der Waals surface area contributed by atoms with Crippen molar-refractivity contribution in [1.82, 2.24) is 20.3 Å². The number of benzene rings is 3. The van der Waals surface area contributed by atoms with Gasteiger partial charge in [-0.2, -0.15) is 0 Å². The Balaban J connectivity index is 0.000000170. The Bertz CT molecular complexity index is 3240. The lowest BCUT2D eigenvalue weighted by Crippen LogP contribution is -2.41. The normalized spacial score (nSPS) is 18.8. The van der Waals surface area contributed by atoms with Gasteiger partial charge in [0.15, 0.2) is 0 Å². The fraction of sp³-hybridized carbons (Fsp3) is 0.452. The Morgan fingerprint density at radius 3 is 1.60 bits per heavy atom. The first-order valence-corrected chi connectivity index (χ1v) is 27.3. The van der Waals surface area contributed by atoms with Crippen LogP contribution < -0.4 is 22.5 Å². The van der Waals surface area contributed by atoms with Crippen LogP contribution >= 0.6 is 0 Å². The number of alkyl carbamates (subject to hydrolysis) is 1. The molecule has 4 unspecified atom stereocenters. The van der Waals surface area contributed by atoms with E-state index >= 15 is 0 Å². The molecule has 0 bridgehead atoms. The quantitative estimate of drug-likeness (QED) is 0.0480. The van der Waals surface area contributed by atoms with Crippen molar-refractivity contribution in [3.05, 3.63) is 119 Å². The molecule has 4 atom stereocenters. The van der Waals surface area contributed by atoms with Crippen LogP contribution in [0.2, 0.25) is 0 Å². The van der Waals surface area contributed by atoms with Crippen LogP contribution in [0.25, 0.3) is 43.9 Å². The van der Waals surface area contributed by atoms with E-state index in [0.29, 0.717) is 35.4 Å². The minimum atomic E-state index is -0.500. The van der Waals surface area contributed by atoms with Crippen LogP contribution in [0.5, 0.6) is 0 Å². The summed E-state index contributed by atoms with van der Waals surface area (Å²) in [6.45, 7) is 16.9. The molecule has 0 radical (unpaired) electrons. The number of H-pyrrole nitrogens is 3. The van der Waals surface area contributed by atoms with Gasteiger partial charge in [0.25, 0.3) is 17.7 Å². The van der Waals surface area contributed by atoms with Gasteiger partial charge in [0.05, 0.1) is 39.7 Å². The van der Waals surface area contributed by atoms with Gasteiger partial charge in [0.2, 0.25) is 0 Å². The lowest BCUT2D eigenvalue weighted by atomic mass is 9.80. The largest absolute Gasteiger partial charge is 0.460 e. The molecule has 16 nitrogen and oxygen atoms in total. The van der Waals surface area contributed by atoms with Gasteiger partial charge >= 0.3 is 18.0 Å². The minimum Gasteiger partial charge on any atom is -0.460 e. The highest BCUT2D eigenvalue weighted by Gasteiger charge is 2.30. The van der Waals surface area contributed by atoms with Crippen LogP contribution in [0.1, 0.15) is 193 Å². The zero-order valence-electron chi connectivity index (χ0n) is 46.8. The number of amides is 4.